The van der Waals surface area contributed by atoms with Gasteiger partial charge < -0.3 is 9.47 Å². The number of methoxy groups -OCH3 is 1. The van der Waals surface area contributed by atoms with E-state index in [1.54, 1.807) is 12.0 Å². The summed E-state index contributed by atoms with van der Waals surface area (Å²) in [6, 6.07) is 27.7. The van der Waals surface area contributed by atoms with Crippen molar-refractivity contribution in [1.29, 1.82) is 0 Å². The van der Waals surface area contributed by atoms with Gasteiger partial charge in [0, 0.05) is 0 Å². The number of hydrogen-bond donors (Lipinski definition) is 0. The SMILES string of the molecule is COc1ccc(C)c2sc(N(Cc3ccccc3)C(=O)COc3ccc4ccccc4c3)nc12. The fourth-order valence-electron chi connectivity index (χ4n) is 3.89. The van der Waals surface area contributed by atoms with E-state index in [1.165, 1.54) is 11.3 Å². The Morgan fingerprint density at radius 1 is 0.941 bits per heavy atom. The standard InChI is InChI=1S/C28H24N2O3S/c1-19-12-15-24(32-2)26-27(19)34-28(29-26)30(17-20-8-4-3-5-9-20)25(31)18-33-23-14-13-21-10-6-7-11-22(21)16-23/h3-16H,17-18H2,1-2H3. The normalized spacial score (nSPS) is 11.0. The van der Waals surface area contributed by atoms with Crippen molar-refractivity contribution in [2.75, 3.05) is 18.6 Å². The Bertz CT molecular complexity index is 1460. The molecule has 0 saturated heterocycles. The van der Waals surface area contributed by atoms with Crippen molar-refractivity contribution in [2.24, 2.45) is 0 Å². The van der Waals surface area contributed by atoms with Crippen LogP contribution in [0.1, 0.15) is 11.1 Å². The first kappa shape index (κ1) is 21.9. The molecule has 5 nitrogen and oxygen atoms in total. The topological polar surface area (TPSA) is 51.7 Å². The van der Waals surface area contributed by atoms with Gasteiger partial charge in [-0.15, -0.1) is 0 Å². The molecular weight excluding hydrogens is 444 g/mol. The number of nitrogens with zero attached hydrogens (tertiary/aromatic N) is 2. The number of carbonyl (C=O) groups is 1. The number of aryl methyl sites for hydroxylation is 1. The molecule has 170 valence electrons. The average molecular weight is 469 g/mol. The van der Waals surface area contributed by atoms with Crippen LogP contribution in [0.3, 0.4) is 0 Å². The van der Waals surface area contributed by atoms with E-state index in [4.69, 9.17) is 14.5 Å². The second-order valence-corrected chi connectivity index (χ2v) is 9.00. The van der Waals surface area contributed by atoms with E-state index >= 15 is 0 Å². The maximum Gasteiger partial charge on any atom is 0.267 e. The van der Waals surface area contributed by atoms with E-state index < -0.39 is 0 Å². The van der Waals surface area contributed by atoms with Crippen LogP contribution in [-0.4, -0.2) is 24.6 Å². The van der Waals surface area contributed by atoms with Crippen LogP contribution in [0.4, 0.5) is 5.13 Å². The first-order chi connectivity index (χ1) is 16.6. The van der Waals surface area contributed by atoms with Gasteiger partial charge in [-0.2, -0.15) is 0 Å². The Morgan fingerprint density at radius 2 is 1.71 bits per heavy atom. The van der Waals surface area contributed by atoms with Gasteiger partial charge in [0.05, 0.1) is 18.4 Å². The summed E-state index contributed by atoms with van der Waals surface area (Å²) in [7, 11) is 1.63. The molecule has 34 heavy (non-hydrogen) atoms. The fourth-order valence-corrected chi connectivity index (χ4v) is 4.96. The molecule has 5 aromatic rings. The number of carbonyl (C=O) groups excluding carboxylic acids is 1. The van der Waals surface area contributed by atoms with Gasteiger partial charge in [0.1, 0.15) is 17.0 Å². The minimum atomic E-state index is -0.160. The lowest BCUT2D eigenvalue weighted by atomic mass is 10.1. The summed E-state index contributed by atoms with van der Waals surface area (Å²) >= 11 is 1.49. The zero-order chi connectivity index (χ0) is 23.5. The van der Waals surface area contributed by atoms with Crippen molar-refractivity contribution >= 4 is 43.4 Å². The second-order valence-electron chi connectivity index (χ2n) is 8.02. The summed E-state index contributed by atoms with van der Waals surface area (Å²) in [5.41, 5.74) is 2.88. The molecule has 0 saturated carbocycles. The Labute approximate surface area is 202 Å². The van der Waals surface area contributed by atoms with Gasteiger partial charge in [0.15, 0.2) is 11.7 Å². The number of rotatable bonds is 7. The van der Waals surface area contributed by atoms with Gasteiger partial charge in [-0.3, -0.25) is 9.69 Å². The Morgan fingerprint density at radius 3 is 2.50 bits per heavy atom. The molecule has 0 bridgehead atoms. The quantitative estimate of drug-likeness (QED) is 0.278. The third kappa shape index (κ3) is 4.45. The summed E-state index contributed by atoms with van der Waals surface area (Å²) in [6.45, 7) is 2.36. The maximum atomic E-state index is 13.4. The predicted molar refractivity (Wildman–Crippen MR) is 138 cm³/mol. The Balaban J connectivity index is 1.45. The van der Waals surface area contributed by atoms with E-state index in [0.717, 1.165) is 32.1 Å². The number of thiazole rings is 1. The number of ether oxygens (including phenoxy) is 2. The zero-order valence-corrected chi connectivity index (χ0v) is 19.8. The van der Waals surface area contributed by atoms with Crippen molar-refractivity contribution in [2.45, 2.75) is 13.5 Å². The van der Waals surface area contributed by atoms with Crippen LogP contribution in [0, 0.1) is 6.92 Å². The first-order valence-electron chi connectivity index (χ1n) is 11.0. The lowest BCUT2D eigenvalue weighted by Gasteiger charge is -2.20. The molecule has 1 amide bonds. The molecule has 1 aromatic heterocycles. The number of fused-ring (bicyclic) bond motifs is 2. The molecule has 0 spiro atoms. The Kier molecular flexibility index (Phi) is 6.14. The Hall–Kier alpha value is -3.90. The molecule has 1 heterocycles. The molecule has 5 rings (SSSR count). The van der Waals surface area contributed by atoms with Crippen molar-refractivity contribution in [3.8, 4) is 11.5 Å². The number of hydrogen-bond acceptors (Lipinski definition) is 5. The molecule has 0 unspecified atom stereocenters. The second kappa shape index (κ2) is 9.53. The van der Waals surface area contributed by atoms with Crippen molar-refractivity contribution in [3.05, 3.63) is 96.1 Å². The molecule has 0 radical (unpaired) electrons. The van der Waals surface area contributed by atoms with Crippen LogP contribution >= 0.6 is 11.3 Å². The third-order valence-electron chi connectivity index (χ3n) is 5.71. The molecule has 0 fully saturated rings. The number of aromatic nitrogens is 1. The summed E-state index contributed by atoms with van der Waals surface area (Å²) in [5.74, 6) is 1.20. The third-order valence-corrected chi connectivity index (χ3v) is 6.92. The maximum absolute atomic E-state index is 13.4. The molecule has 0 aliphatic heterocycles. The van der Waals surface area contributed by atoms with Gasteiger partial charge in [-0.05, 0) is 47.0 Å². The highest BCUT2D eigenvalue weighted by Gasteiger charge is 2.22. The van der Waals surface area contributed by atoms with Crippen LogP contribution in [0.5, 0.6) is 11.5 Å². The lowest BCUT2D eigenvalue weighted by molar-refractivity contribution is -0.120. The number of benzene rings is 4. The fraction of sp³-hybridized carbons (Fsp3) is 0.143. The van der Waals surface area contributed by atoms with Gasteiger partial charge in [-0.1, -0.05) is 78.1 Å². The summed E-state index contributed by atoms with van der Waals surface area (Å²) < 4.78 is 12.4. The minimum Gasteiger partial charge on any atom is -0.494 e. The largest absolute Gasteiger partial charge is 0.494 e. The highest BCUT2D eigenvalue weighted by Crippen LogP contribution is 2.37. The van der Waals surface area contributed by atoms with Crippen LogP contribution in [0.25, 0.3) is 21.0 Å². The van der Waals surface area contributed by atoms with Gasteiger partial charge in [0.25, 0.3) is 5.91 Å². The van der Waals surface area contributed by atoms with E-state index in [0.29, 0.717) is 23.2 Å². The molecule has 0 atom stereocenters. The molecule has 4 aromatic carbocycles. The van der Waals surface area contributed by atoms with Crippen LogP contribution in [0.2, 0.25) is 0 Å². The van der Waals surface area contributed by atoms with Crippen molar-refractivity contribution < 1.29 is 14.3 Å². The van der Waals surface area contributed by atoms with E-state index in [9.17, 15) is 4.79 Å². The van der Waals surface area contributed by atoms with Crippen LogP contribution < -0.4 is 14.4 Å². The molecular formula is C28H24N2O3S. The van der Waals surface area contributed by atoms with Gasteiger partial charge >= 0.3 is 0 Å². The highest BCUT2D eigenvalue weighted by atomic mass is 32.1. The predicted octanol–water partition coefficient (Wildman–Crippen LogP) is 6.38. The molecule has 0 aliphatic carbocycles. The zero-order valence-electron chi connectivity index (χ0n) is 19.0. The van der Waals surface area contributed by atoms with Crippen molar-refractivity contribution in [1.82, 2.24) is 4.98 Å². The van der Waals surface area contributed by atoms with E-state index in [2.05, 4.69) is 6.07 Å². The molecule has 0 N–H and O–H groups in total. The smallest absolute Gasteiger partial charge is 0.267 e. The minimum absolute atomic E-state index is 0.0861. The number of anilines is 1. The summed E-state index contributed by atoms with van der Waals surface area (Å²) in [6.07, 6.45) is 0. The number of amides is 1. The average Bonchev–Trinajstić information content (AvgIpc) is 3.33. The summed E-state index contributed by atoms with van der Waals surface area (Å²) in [5, 5.41) is 2.83. The van der Waals surface area contributed by atoms with Gasteiger partial charge in [-0.25, -0.2) is 4.98 Å². The van der Waals surface area contributed by atoms with E-state index in [1.807, 2.05) is 85.8 Å². The lowest BCUT2D eigenvalue weighted by Crippen LogP contribution is -2.34. The van der Waals surface area contributed by atoms with Crippen molar-refractivity contribution in [3.63, 3.8) is 0 Å². The van der Waals surface area contributed by atoms with Crippen LogP contribution in [-0.2, 0) is 11.3 Å². The van der Waals surface area contributed by atoms with Gasteiger partial charge in [0.2, 0.25) is 0 Å². The monoisotopic (exact) mass is 468 g/mol. The highest BCUT2D eigenvalue weighted by molar-refractivity contribution is 7.22. The molecule has 0 aliphatic rings. The van der Waals surface area contributed by atoms with Crippen LogP contribution in [0.15, 0.2) is 84.9 Å². The van der Waals surface area contributed by atoms with E-state index in [-0.39, 0.29) is 12.5 Å². The molecule has 6 heteroatoms. The first-order valence-corrected chi connectivity index (χ1v) is 11.8. The summed E-state index contributed by atoms with van der Waals surface area (Å²) in [4.78, 5) is 19.9.